The SMILES string of the molecule is CN1[SiH2]N(C(C)(C)C)N(C)[SiH](N(C)C)N1C(C)(C)C. The fourth-order valence-electron chi connectivity index (χ4n) is 2.92. The van der Waals surface area contributed by atoms with Crippen LogP contribution in [-0.4, -0.2) is 81.7 Å². The molecule has 1 saturated heterocycles. The van der Waals surface area contributed by atoms with Gasteiger partial charge >= 0.3 is 0 Å². The molecule has 0 aromatic rings. The lowest BCUT2D eigenvalue weighted by atomic mass is 10.1. The Bertz CT molecular complexity index is 310. The van der Waals surface area contributed by atoms with Crippen LogP contribution in [0.1, 0.15) is 41.5 Å². The molecule has 0 bridgehead atoms. The summed E-state index contributed by atoms with van der Waals surface area (Å²) in [5.41, 5.74) is 0.390. The molecule has 0 saturated carbocycles. The number of hydrazine groups is 2. The van der Waals surface area contributed by atoms with Crippen molar-refractivity contribution in [2.24, 2.45) is 0 Å². The van der Waals surface area contributed by atoms with Gasteiger partial charge in [-0.2, -0.15) is 0 Å². The Morgan fingerprint density at radius 3 is 1.68 bits per heavy atom. The van der Waals surface area contributed by atoms with Crippen LogP contribution < -0.4 is 0 Å². The smallest absolute Gasteiger partial charge is 0.299 e. The first-order valence-electron chi connectivity index (χ1n) is 7.04. The highest BCUT2D eigenvalue weighted by Gasteiger charge is 2.46. The largest absolute Gasteiger partial charge is 0.306 e. The average molecular weight is 304 g/mol. The van der Waals surface area contributed by atoms with Crippen molar-refractivity contribution in [3.05, 3.63) is 0 Å². The van der Waals surface area contributed by atoms with Gasteiger partial charge < -0.3 is 4.57 Å². The molecule has 0 radical (unpaired) electrons. The highest BCUT2D eigenvalue weighted by Crippen LogP contribution is 2.27. The van der Waals surface area contributed by atoms with Crippen LogP contribution in [0.5, 0.6) is 0 Å². The Morgan fingerprint density at radius 1 is 0.895 bits per heavy atom. The quantitative estimate of drug-likeness (QED) is 0.640. The van der Waals surface area contributed by atoms with E-state index in [0.717, 1.165) is 0 Å². The van der Waals surface area contributed by atoms with E-state index in [-0.39, 0.29) is 11.1 Å². The molecule has 0 aromatic heterocycles. The summed E-state index contributed by atoms with van der Waals surface area (Å²) in [5, 5.41) is 0. The van der Waals surface area contributed by atoms with Gasteiger partial charge in [-0.15, -0.1) is 0 Å². The molecule has 1 unspecified atom stereocenters. The summed E-state index contributed by atoms with van der Waals surface area (Å²) in [5.74, 6) is 0. The summed E-state index contributed by atoms with van der Waals surface area (Å²) >= 11 is 0. The second-order valence-corrected chi connectivity index (χ2v) is 12.5. The molecule has 0 N–H and O–H groups in total. The van der Waals surface area contributed by atoms with E-state index in [0.29, 0.717) is 0 Å². The molecule has 0 aromatic carbocycles. The zero-order valence-corrected chi connectivity index (χ0v) is 17.1. The normalized spacial score (nSPS) is 27.6. The van der Waals surface area contributed by atoms with Gasteiger partial charge in [-0.1, -0.05) is 0 Å². The fraction of sp³-hybridized carbons (Fsp3) is 1.00. The van der Waals surface area contributed by atoms with Gasteiger partial charge in [0.25, 0.3) is 9.28 Å². The predicted molar refractivity (Wildman–Crippen MR) is 88.1 cm³/mol. The predicted octanol–water partition coefficient (Wildman–Crippen LogP) is 0.172. The Hall–Kier alpha value is 0.234. The van der Waals surface area contributed by atoms with Gasteiger partial charge in [0.05, 0.1) is 0 Å². The minimum absolute atomic E-state index is 0.182. The maximum atomic E-state index is 2.64. The van der Waals surface area contributed by atoms with E-state index in [2.05, 4.69) is 93.0 Å². The minimum atomic E-state index is -1.36. The minimum Gasteiger partial charge on any atom is -0.306 e. The van der Waals surface area contributed by atoms with Crippen LogP contribution in [-0.2, 0) is 0 Å². The standard InChI is InChI=1S/C12H33N5Si2/c1-11(2,3)16-15(10)19(13(7)8)17(12(4,5)6)14(9)18-16/h19H,18H2,1-10H3. The van der Waals surface area contributed by atoms with Crippen molar-refractivity contribution < 1.29 is 0 Å². The Labute approximate surface area is 123 Å². The van der Waals surface area contributed by atoms with Crippen LogP contribution >= 0.6 is 0 Å². The molecule has 19 heavy (non-hydrogen) atoms. The third kappa shape index (κ3) is 3.66. The first-order chi connectivity index (χ1) is 8.37. The van der Waals surface area contributed by atoms with Crippen molar-refractivity contribution >= 4 is 19.1 Å². The maximum absolute atomic E-state index is 2.64. The monoisotopic (exact) mass is 303 g/mol. The summed E-state index contributed by atoms with van der Waals surface area (Å²) in [6.07, 6.45) is 0. The number of hydrogen-bond donors (Lipinski definition) is 0. The van der Waals surface area contributed by atoms with Crippen LogP contribution in [0.3, 0.4) is 0 Å². The molecule has 0 amide bonds. The van der Waals surface area contributed by atoms with Crippen LogP contribution in [0, 0.1) is 0 Å². The molecule has 0 spiro atoms. The molecule has 5 nitrogen and oxygen atoms in total. The van der Waals surface area contributed by atoms with E-state index < -0.39 is 19.1 Å². The zero-order valence-electron chi connectivity index (χ0n) is 14.5. The lowest BCUT2D eigenvalue weighted by Gasteiger charge is -2.60. The molecular weight excluding hydrogens is 270 g/mol. The van der Waals surface area contributed by atoms with Gasteiger partial charge in [0.1, 0.15) is 0 Å². The van der Waals surface area contributed by atoms with Gasteiger partial charge in [0, 0.05) is 11.1 Å². The molecule has 1 heterocycles. The summed E-state index contributed by atoms with van der Waals surface area (Å²) in [6.45, 7) is 13.9. The Morgan fingerprint density at radius 2 is 1.37 bits per heavy atom. The zero-order chi connectivity index (χ0) is 15.2. The van der Waals surface area contributed by atoms with Crippen molar-refractivity contribution in [2.75, 3.05) is 28.2 Å². The molecule has 1 rings (SSSR count). The Balaban J connectivity index is 3.14. The van der Waals surface area contributed by atoms with Crippen molar-refractivity contribution in [1.82, 2.24) is 23.3 Å². The van der Waals surface area contributed by atoms with E-state index >= 15 is 0 Å². The summed E-state index contributed by atoms with van der Waals surface area (Å²) < 4.78 is 12.8. The lowest BCUT2D eigenvalue weighted by Crippen LogP contribution is -2.80. The molecule has 1 fully saturated rings. The van der Waals surface area contributed by atoms with E-state index in [1.165, 1.54) is 0 Å². The molecule has 1 aliphatic rings. The average Bonchev–Trinajstić information content (AvgIpc) is 2.16. The maximum Gasteiger partial charge on any atom is 0.299 e. The third-order valence-electron chi connectivity index (χ3n) is 3.56. The van der Waals surface area contributed by atoms with Gasteiger partial charge in [-0.3, -0.25) is 9.35 Å². The molecule has 1 atom stereocenters. The highest BCUT2D eigenvalue weighted by atomic mass is 28.3. The second kappa shape index (κ2) is 5.55. The van der Waals surface area contributed by atoms with Gasteiger partial charge in [0.2, 0.25) is 9.84 Å². The van der Waals surface area contributed by atoms with E-state index in [1.54, 1.807) is 0 Å². The first-order valence-corrected chi connectivity index (χ1v) is 9.86. The van der Waals surface area contributed by atoms with Gasteiger partial charge in [0.15, 0.2) is 0 Å². The van der Waals surface area contributed by atoms with Crippen molar-refractivity contribution in [1.29, 1.82) is 0 Å². The fourth-order valence-corrected chi connectivity index (χ4v) is 8.87. The van der Waals surface area contributed by atoms with Crippen molar-refractivity contribution in [3.63, 3.8) is 0 Å². The van der Waals surface area contributed by atoms with Gasteiger partial charge in [-0.05, 0) is 69.7 Å². The van der Waals surface area contributed by atoms with E-state index in [1.807, 2.05) is 0 Å². The topological polar surface area (TPSA) is 16.2 Å². The molecular formula is C12H33N5Si2. The van der Waals surface area contributed by atoms with E-state index in [9.17, 15) is 0 Å². The highest BCUT2D eigenvalue weighted by molar-refractivity contribution is 6.52. The number of nitrogens with zero attached hydrogens (tertiary/aromatic N) is 5. The van der Waals surface area contributed by atoms with Crippen molar-refractivity contribution in [2.45, 2.75) is 52.6 Å². The summed E-state index contributed by atoms with van der Waals surface area (Å²) in [4.78, 5) is 0. The van der Waals surface area contributed by atoms with Gasteiger partial charge in [-0.25, -0.2) is 9.35 Å². The van der Waals surface area contributed by atoms with Crippen molar-refractivity contribution in [3.8, 4) is 0 Å². The molecule has 0 aliphatic carbocycles. The second-order valence-electron chi connectivity index (χ2n) is 7.77. The summed E-state index contributed by atoms with van der Waals surface area (Å²) in [6, 6.07) is 0. The third-order valence-corrected chi connectivity index (χ3v) is 10.1. The van der Waals surface area contributed by atoms with Crippen LogP contribution in [0.4, 0.5) is 0 Å². The number of hydrogen-bond acceptors (Lipinski definition) is 5. The van der Waals surface area contributed by atoms with Crippen LogP contribution in [0.25, 0.3) is 0 Å². The molecule has 7 heteroatoms. The lowest BCUT2D eigenvalue weighted by molar-refractivity contribution is -0.0371. The molecule has 114 valence electrons. The summed E-state index contributed by atoms with van der Waals surface area (Å²) in [7, 11) is 7.15. The number of rotatable bonds is 1. The van der Waals surface area contributed by atoms with Crippen LogP contribution in [0.2, 0.25) is 0 Å². The Kier molecular flexibility index (Phi) is 5.05. The first kappa shape index (κ1) is 17.3. The van der Waals surface area contributed by atoms with E-state index in [4.69, 9.17) is 0 Å². The van der Waals surface area contributed by atoms with Crippen LogP contribution in [0.15, 0.2) is 0 Å². The molecule has 1 aliphatic heterocycles.